The van der Waals surface area contributed by atoms with Gasteiger partial charge in [0.2, 0.25) is 0 Å². The van der Waals surface area contributed by atoms with Crippen LogP contribution in [0.4, 0.5) is 0 Å². The van der Waals surface area contributed by atoms with Crippen molar-refractivity contribution in [1.29, 1.82) is 0 Å². The van der Waals surface area contributed by atoms with Gasteiger partial charge >= 0.3 is 11.9 Å². The van der Waals surface area contributed by atoms with E-state index in [1.165, 1.54) is 56.4 Å². The molecule has 0 radical (unpaired) electrons. The smallest absolute Gasteiger partial charge is 0.344 e. The summed E-state index contributed by atoms with van der Waals surface area (Å²) in [4.78, 5) is 23.8. The van der Waals surface area contributed by atoms with Gasteiger partial charge in [0.15, 0.2) is 0 Å². The monoisotopic (exact) mass is 434 g/mol. The summed E-state index contributed by atoms with van der Waals surface area (Å²) in [6.45, 7) is 2.87. The topological polar surface area (TPSA) is 72.8 Å². The molecule has 3 aromatic carbocycles. The Morgan fingerprint density at radius 2 is 1.44 bits per heavy atom. The number of unbranched alkanes of at least 4 members (excludes halogenated alkanes) is 6. The summed E-state index contributed by atoms with van der Waals surface area (Å²) in [6.07, 6.45) is 8.57. The fourth-order valence-corrected chi connectivity index (χ4v) is 3.64. The number of aromatic carboxylic acids is 1. The Kier molecular flexibility index (Phi) is 8.67. The first kappa shape index (κ1) is 23.3. The molecule has 0 aromatic heterocycles. The number of esters is 1. The minimum absolute atomic E-state index is 0.137. The lowest BCUT2D eigenvalue weighted by Crippen LogP contribution is -2.10. The number of carboxylic acid groups (broad SMARTS) is 1. The number of carboxylic acids is 1. The zero-order valence-electron chi connectivity index (χ0n) is 18.5. The van der Waals surface area contributed by atoms with Crippen LogP contribution in [0.3, 0.4) is 0 Å². The summed E-state index contributed by atoms with van der Waals surface area (Å²) < 4.78 is 11.5. The van der Waals surface area contributed by atoms with Gasteiger partial charge in [-0.2, -0.15) is 0 Å². The van der Waals surface area contributed by atoms with E-state index in [2.05, 4.69) is 6.92 Å². The molecule has 5 heteroatoms. The molecule has 3 rings (SSSR count). The summed E-state index contributed by atoms with van der Waals surface area (Å²) in [5.74, 6) is -0.471. The van der Waals surface area contributed by atoms with Crippen molar-refractivity contribution in [2.24, 2.45) is 0 Å². The van der Waals surface area contributed by atoms with E-state index in [4.69, 9.17) is 14.6 Å². The van der Waals surface area contributed by atoms with Crippen LogP contribution in [0, 0.1) is 0 Å². The van der Waals surface area contributed by atoms with Gasteiger partial charge in [-0.25, -0.2) is 9.59 Å². The largest absolute Gasteiger partial charge is 0.493 e. The van der Waals surface area contributed by atoms with Gasteiger partial charge < -0.3 is 14.6 Å². The Labute approximate surface area is 189 Å². The van der Waals surface area contributed by atoms with Gasteiger partial charge in [-0.1, -0.05) is 69.7 Å². The zero-order chi connectivity index (χ0) is 22.8. The molecule has 0 aliphatic carbocycles. The van der Waals surface area contributed by atoms with Crippen LogP contribution in [-0.2, 0) is 0 Å². The molecule has 0 spiro atoms. The Balaban J connectivity index is 1.64. The van der Waals surface area contributed by atoms with Gasteiger partial charge in [0.25, 0.3) is 0 Å². The maximum atomic E-state index is 12.8. The number of ether oxygens (including phenoxy) is 2. The molecule has 1 N–H and O–H groups in total. The second-order valence-corrected chi connectivity index (χ2v) is 7.85. The minimum Gasteiger partial charge on any atom is -0.493 e. The third kappa shape index (κ3) is 6.33. The van der Waals surface area contributed by atoms with E-state index in [1.54, 1.807) is 6.07 Å². The lowest BCUT2D eigenvalue weighted by atomic mass is 10.0. The van der Waals surface area contributed by atoms with Gasteiger partial charge in [0.05, 0.1) is 17.7 Å². The van der Waals surface area contributed by atoms with Gasteiger partial charge in [-0.15, -0.1) is 0 Å². The molecule has 0 saturated carbocycles. The van der Waals surface area contributed by atoms with Crippen LogP contribution in [0.25, 0.3) is 10.8 Å². The minimum atomic E-state index is -1.03. The molecular weight excluding hydrogens is 404 g/mol. The second kappa shape index (κ2) is 11.9. The van der Waals surface area contributed by atoms with Crippen LogP contribution >= 0.6 is 0 Å². The first-order valence-electron chi connectivity index (χ1n) is 11.3. The quantitative estimate of drug-likeness (QED) is 0.191. The molecule has 0 heterocycles. The van der Waals surface area contributed by atoms with Crippen LogP contribution < -0.4 is 9.47 Å². The van der Waals surface area contributed by atoms with Crippen molar-refractivity contribution in [3.05, 3.63) is 71.8 Å². The number of benzene rings is 3. The van der Waals surface area contributed by atoms with Crippen molar-refractivity contribution < 1.29 is 24.2 Å². The molecule has 5 nitrogen and oxygen atoms in total. The molecule has 0 unspecified atom stereocenters. The van der Waals surface area contributed by atoms with Crippen molar-refractivity contribution in [1.82, 2.24) is 0 Å². The highest BCUT2D eigenvalue weighted by atomic mass is 16.5. The Bertz CT molecular complexity index is 1040. The van der Waals surface area contributed by atoms with Gasteiger partial charge in [0, 0.05) is 5.39 Å². The normalized spacial score (nSPS) is 10.8. The van der Waals surface area contributed by atoms with Crippen LogP contribution in [0.15, 0.2) is 60.7 Å². The summed E-state index contributed by atoms with van der Waals surface area (Å²) in [7, 11) is 0. The average Bonchev–Trinajstić information content (AvgIpc) is 2.81. The van der Waals surface area contributed by atoms with Gasteiger partial charge in [0.1, 0.15) is 11.5 Å². The molecule has 0 fully saturated rings. The standard InChI is InChI=1S/C27H30O5/c1-2-3-4-5-6-7-10-19-31-25-18-17-24(22-11-8-9-12-23(22)25)27(30)32-21-15-13-20(14-16-21)26(28)29/h8-9,11-18H,2-7,10,19H2,1H3,(H,28,29). The highest BCUT2D eigenvalue weighted by Gasteiger charge is 2.15. The molecule has 0 aliphatic rings. The summed E-state index contributed by atoms with van der Waals surface area (Å²) in [5, 5.41) is 10.6. The molecule has 32 heavy (non-hydrogen) atoms. The number of carbonyl (C=O) groups excluding carboxylic acids is 1. The molecule has 168 valence electrons. The first-order valence-corrected chi connectivity index (χ1v) is 11.3. The summed E-state index contributed by atoms with van der Waals surface area (Å²) in [5.41, 5.74) is 0.573. The maximum absolute atomic E-state index is 12.8. The van der Waals surface area contributed by atoms with E-state index in [1.807, 2.05) is 30.3 Å². The van der Waals surface area contributed by atoms with E-state index >= 15 is 0 Å². The predicted octanol–water partition coefficient (Wildman–Crippen LogP) is 6.89. The zero-order valence-corrected chi connectivity index (χ0v) is 18.5. The van der Waals surface area contributed by atoms with E-state index in [0.717, 1.165) is 29.4 Å². The number of hydrogen-bond donors (Lipinski definition) is 1. The molecule has 0 atom stereocenters. The van der Waals surface area contributed by atoms with Gasteiger partial charge in [-0.3, -0.25) is 0 Å². The van der Waals surface area contributed by atoms with E-state index < -0.39 is 11.9 Å². The van der Waals surface area contributed by atoms with Crippen molar-refractivity contribution >= 4 is 22.7 Å². The number of hydrogen-bond acceptors (Lipinski definition) is 4. The van der Waals surface area contributed by atoms with Crippen molar-refractivity contribution in [2.75, 3.05) is 6.61 Å². The van der Waals surface area contributed by atoms with E-state index in [-0.39, 0.29) is 5.56 Å². The van der Waals surface area contributed by atoms with Crippen molar-refractivity contribution in [3.8, 4) is 11.5 Å². The fraction of sp³-hybridized carbons (Fsp3) is 0.333. The highest BCUT2D eigenvalue weighted by Crippen LogP contribution is 2.29. The second-order valence-electron chi connectivity index (χ2n) is 7.85. The maximum Gasteiger partial charge on any atom is 0.344 e. The SMILES string of the molecule is CCCCCCCCCOc1ccc(C(=O)Oc2ccc(C(=O)O)cc2)c2ccccc12. The van der Waals surface area contributed by atoms with Crippen LogP contribution in [0.2, 0.25) is 0 Å². The molecule has 3 aromatic rings. The summed E-state index contributed by atoms with van der Waals surface area (Å²) >= 11 is 0. The predicted molar refractivity (Wildman–Crippen MR) is 126 cm³/mol. The third-order valence-corrected chi connectivity index (χ3v) is 5.42. The average molecular weight is 435 g/mol. The molecule has 0 amide bonds. The molecule has 0 aliphatic heterocycles. The molecular formula is C27H30O5. The molecule has 0 bridgehead atoms. The Hall–Kier alpha value is -3.34. The van der Waals surface area contributed by atoms with Crippen molar-refractivity contribution in [2.45, 2.75) is 51.9 Å². The molecule has 0 saturated heterocycles. The van der Waals surface area contributed by atoms with E-state index in [9.17, 15) is 9.59 Å². The van der Waals surface area contributed by atoms with Crippen LogP contribution in [-0.4, -0.2) is 23.7 Å². The number of rotatable bonds is 12. The number of carbonyl (C=O) groups is 2. The van der Waals surface area contributed by atoms with Crippen LogP contribution in [0.5, 0.6) is 11.5 Å². The summed E-state index contributed by atoms with van der Waals surface area (Å²) in [6, 6.07) is 16.9. The highest BCUT2D eigenvalue weighted by molar-refractivity contribution is 6.07. The number of fused-ring (bicyclic) bond motifs is 1. The van der Waals surface area contributed by atoms with Crippen LogP contribution in [0.1, 0.15) is 72.6 Å². The Morgan fingerprint density at radius 1 is 0.781 bits per heavy atom. The van der Waals surface area contributed by atoms with Gasteiger partial charge in [-0.05, 0) is 48.2 Å². The van der Waals surface area contributed by atoms with Crippen molar-refractivity contribution in [3.63, 3.8) is 0 Å². The first-order chi connectivity index (χ1) is 15.6. The Morgan fingerprint density at radius 3 is 2.12 bits per heavy atom. The fourth-order valence-electron chi connectivity index (χ4n) is 3.64. The van der Waals surface area contributed by atoms with E-state index in [0.29, 0.717) is 17.9 Å². The lowest BCUT2D eigenvalue weighted by molar-refractivity contribution is 0.0696. The lowest BCUT2D eigenvalue weighted by Gasteiger charge is -2.12. The third-order valence-electron chi connectivity index (χ3n) is 5.42.